The molecule has 0 radical (unpaired) electrons. The van der Waals surface area contributed by atoms with Crippen molar-refractivity contribution in [2.45, 2.75) is 52.5 Å². The quantitative estimate of drug-likeness (QED) is 0.515. The monoisotopic (exact) mass is 282 g/mol. The van der Waals surface area contributed by atoms with Gasteiger partial charge in [0.15, 0.2) is 0 Å². The molecule has 0 N–H and O–H groups in total. The van der Waals surface area contributed by atoms with Crippen LogP contribution in [0.1, 0.15) is 46.5 Å². The lowest BCUT2D eigenvalue weighted by molar-refractivity contribution is 0.169. The van der Waals surface area contributed by atoms with Crippen molar-refractivity contribution in [2.24, 2.45) is 0 Å². The van der Waals surface area contributed by atoms with Crippen molar-refractivity contribution in [3.63, 3.8) is 0 Å². The Morgan fingerprint density at radius 3 is 1.53 bits per heavy atom. The molecule has 0 aromatic carbocycles. The van der Waals surface area contributed by atoms with Crippen LogP contribution in [0.3, 0.4) is 0 Å². The highest BCUT2D eigenvalue weighted by atomic mass is 32.3. The first-order valence-electron chi connectivity index (χ1n) is 6.98. The van der Waals surface area contributed by atoms with Gasteiger partial charge in [-0.15, -0.1) is 0 Å². The highest BCUT2D eigenvalue weighted by Crippen LogP contribution is 2.52. The van der Waals surface area contributed by atoms with Crippen molar-refractivity contribution in [1.29, 1.82) is 0 Å². The van der Waals surface area contributed by atoms with E-state index in [1.54, 1.807) is 0 Å². The Bertz CT molecular complexity index is 132. The summed E-state index contributed by atoms with van der Waals surface area (Å²) < 4.78 is 17.8. The summed E-state index contributed by atoms with van der Waals surface area (Å²) in [5, 5.41) is 0. The van der Waals surface area contributed by atoms with E-state index >= 15 is 0 Å². The Kier molecular flexibility index (Phi) is 11.8. The SMILES string of the molecule is CCCOS(CCC[SiH3])(OCCC)OCCC. The maximum atomic E-state index is 5.94. The van der Waals surface area contributed by atoms with E-state index in [1.165, 1.54) is 22.7 Å². The van der Waals surface area contributed by atoms with E-state index in [-0.39, 0.29) is 0 Å². The van der Waals surface area contributed by atoms with Gasteiger partial charge in [-0.3, -0.25) is 12.5 Å². The van der Waals surface area contributed by atoms with Gasteiger partial charge in [0, 0.05) is 16.0 Å². The third-order valence-corrected chi connectivity index (χ3v) is 5.22. The van der Waals surface area contributed by atoms with Gasteiger partial charge in [0.25, 0.3) is 0 Å². The molecule has 106 valence electrons. The molecule has 3 nitrogen and oxygen atoms in total. The Morgan fingerprint density at radius 1 is 0.824 bits per heavy atom. The first-order valence-corrected chi connectivity index (χ1v) is 9.97. The van der Waals surface area contributed by atoms with Crippen LogP contribution < -0.4 is 0 Å². The maximum absolute atomic E-state index is 5.94. The van der Waals surface area contributed by atoms with Gasteiger partial charge in [0.2, 0.25) is 0 Å². The fourth-order valence-electron chi connectivity index (χ4n) is 1.23. The van der Waals surface area contributed by atoms with Crippen molar-refractivity contribution in [1.82, 2.24) is 0 Å². The topological polar surface area (TPSA) is 27.7 Å². The lowest BCUT2D eigenvalue weighted by atomic mass is 10.5. The summed E-state index contributed by atoms with van der Waals surface area (Å²) in [5.74, 6) is 0.941. The molecule has 5 heteroatoms. The Balaban J connectivity index is 4.39. The van der Waals surface area contributed by atoms with Crippen LogP contribution in [0.25, 0.3) is 0 Å². The van der Waals surface area contributed by atoms with E-state index < -0.39 is 10.9 Å². The molecule has 0 fully saturated rings. The summed E-state index contributed by atoms with van der Waals surface area (Å²) >= 11 is 0. The minimum Gasteiger partial charge on any atom is -0.292 e. The zero-order valence-corrected chi connectivity index (χ0v) is 14.8. The minimum absolute atomic E-state index is 0.740. The molecule has 0 amide bonds. The Hall–Kier alpha value is 0.447. The smallest absolute Gasteiger partial charge is 0.0887 e. The van der Waals surface area contributed by atoms with Gasteiger partial charge in [-0.05, 0) is 25.7 Å². The number of hydrogen-bond acceptors (Lipinski definition) is 3. The van der Waals surface area contributed by atoms with Crippen molar-refractivity contribution in [3.8, 4) is 0 Å². The molecule has 0 aromatic heterocycles. The van der Waals surface area contributed by atoms with Crippen LogP contribution in [0.2, 0.25) is 6.04 Å². The van der Waals surface area contributed by atoms with Crippen LogP contribution in [-0.2, 0) is 12.5 Å². The highest BCUT2D eigenvalue weighted by Gasteiger charge is 2.26. The summed E-state index contributed by atoms with van der Waals surface area (Å²) in [5.41, 5.74) is 0. The van der Waals surface area contributed by atoms with Crippen molar-refractivity contribution in [2.75, 3.05) is 25.6 Å². The zero-order chi connectivity index (χ0) is 13.0. The number of rotatable bonds is 12. The highest BCUT2D eigenvalue weighted by molar-refractivity contribution is 8.21. The second kappa shape index (κ2) is 11.5. The lowest BCUT2D eigenvalue weighted by Crippen LogP contribution is -2.18. The first-order chi connectivity index (χ1) is 8.24. The van der Waals surface area contributed by atoms with Gasteiger partial charge in [-0.2, -0.15) is 0 Å². The molecule has 0 saturated heterocycles. The normalized spacial score (nSPS) is 13.1. The molecule has 0 aliphatic heterocycles. The van der Waals surface area contributed by atoms with E-state index in [9.17, 15) is 0 Å². The maximum Gasteiger partial charge on any atom is 0.0887 e. The van der Waals surface area contributed by atoms with Gasteiger partial charge in [0.05, 0.1) is 30.7 Å². The Labute approximate surface area is 112 Å². The van der Waals surface area contributed by atoms with Crippen LogP contribution in [0, 0.1) is 0 Å². The van der Waals surface area contributed by atoms with Gasteiger partial charge in [-0.1, -0.05) is 26.8 Å². The molecule has 0 aromatic rings. The van der Waals surface area contributed by atoms with Crippen LogP contribution in [0.4, 0.5) is 0 Å². The predicted molar refractivity (Wildman–Crippen MR) is 80.6 cm³/mol. The molecular weight excluding hydrogens is 252 g/mol. The van der Waals surface area contributed by atoms with Gasteiger partial charge in [0.1, 0.15) is 0 Å². The summed E-state index contributed by atoms with van der Waals surface area (Å²) in [6, 6.07) is 1.29. The van der Waals surface area contributed by atoms with E-state index in [0.717, 1.165) is 44.8 Å². The molecule has 0 aliphatic rings. The zero-order valence-electron chi connectivity index (χ0n) is 12.0. The van der Waals surface area contributed by atoms with E-state index in [4.69, 9.17) is 12.5 Å². The largest absolute Gasteiger partial charge is 0.292 e. The van der Waals surface area contributed by atoms with Crippen molar-refractivity contribution >= 4 is 21.1 Å². The standard InChI is InChI=1S/C12H30O3SSi/c1-4-8-13-16(11-7-12-17,14-9-5-2)15-10-6-3/h4-12H2,1-3,17H3. The summed E-state index contributed by atoms with van der Waals surface area (Å²) in [6.45, 7) is 8.58. The molecule has 17 heavy (non-hydrogen) atoms. The third-order valence-electron chi connectivity index (χ3n) is 2.15. The summed E-state index contributed by atoms with van der Waals surface area (Å²) in [7, 11) is -0.479. The number of hydrogen-bond donors (Lipinski definition) is 0. The average Bonchev–Trinajstić information content (AvgIpc) is 2.37. The van der Waals surface area contributed by atoms with Crippen LogP contribution in [0.5, 0.6) is 0 Å². The van der Waals surface area contributed by atoms with Gasteiger partial charge < -0.3 is 0 Å². The Morgan fingerprint density at radius 2 is 1.24 bits per heavy atom. The summed E-state index contributed by atoms with van der Waals surface area (Å²) in [6.07, 6.45) is 4.21. The van der Waals surface area contributed by atoms with Crippen molar-refractivity contribution < 1.29 is 12.5 Å². The van der Waals surface area contributed by atoms with Crippen LogP contribution in [0.15, 0.2) is 0 Å². The molecular formula is C12H30O3SSi. The molecule has 0 heterocycles. The van der Waals surface area contributed by atoms with Crippen molar-refractivity contribution in [3.05, 3.63) is 0 Å². The second-order valence-corrected chi connectivity index (χ2v) is 7.31. The molecule has 0 bridgehead atoms. The predicted octanol–water partition coefficient (Wildman–Crippen LogP) is 2.99. The van der Waals surface area contributed by atoms with E-state index in [2.05, 4.69) is 20.8 Å². The first kappa shape index (κ1) is 17.4. The second-order valence-electron chi connectivity index (χ2n) is 4.08. The van der Waals surface area contributed by atoms with Crippen LogP contribution >= 0.6 is 10.9 Å². The molecule has 0 aliphatic carbocycles. The van der Waals surface area contributed by atoms with E-state index in [1.807, 2.05) is 0 Å². The third kappa shape index (κ3) is 8.21. The minimum atomic E-state index is -1.72. The molecule has 0 unspecified atom stereocenters. The lowest BCUT2D eigenvalue weighted by Gasteiger charge is -2.37. The molecule has 0 rings (SSSR count). The van der Waals surface area contributed by atoms with Crippen LogP contribution in [-0.4, -0.2) is 35.8 Å². The fraction of sp³-hybridized carbons (Fsp3) is 1.00. The average molecular weight is 283 g/mol. The van der Waals surface area contributed by atoms with Gasteiger partial charge >= 0.3 is 0 Å². The van der Waals surface area contributed by atoms with E-state index in [0.29, 0.717) is 0 Å². The molecule has 0 atom stereocenters. The fourth-order valence-corrected chi connectivity index (χ4v) is 4.56. The molecule has 0 saturated carbocycles. The van der Waals surface area contributed by atoms with Gasteiger partial charge in [-0.25, -0.2) is 0 Å². The summed E-state index contributed by atoms with van der Waals surface area (Å²) in [4.78, 5) is 0. The molecule has 0 spiro atoms.